The van der Waals surface area contributed by atoms with Gasteiger partial charge in [0.05, 0.1) is 35.3 Å². The standard InChI is InChI=1S/2C37H42NS.C17H32O2.C13H24O2.2Ir/c2*1-23-25-13-10-11-14-27(25)31(35(2,3)4)19-30(23)32-34-29(17-18-38(32)9)28-16-12-15-26(33(28)39-34)24-20-36(5,6)22-37(7,8)21-24;1-10(2)16(11(3)4)14(18)9-15(19)17(12(5)6)13(7)8;1-5-10(6-2)12(14)9-13(15)11(7-3)8-4;;/h2*10-19,24H,1,9,20-22H2,2-8H3;9-13,16-18H,1-8H3;9-11,14H,5-8H2,1-4H3;;/q2*-1;;;;. The van der Waals surface area contributed by atoms with Gasteiger partial charge in [0.1, 0.15) is 0 Å². The van der Waals surface area contributed by atoms with E-state index in [0.29, 0.717) is 57.2 Å². The van der Waals surface area contributed by atoms with E-state index in [1.165, 1.54) is 157 Å². The second kappa shape index (κ2) is 37.8. The van der Waals surface area contributed by atoms with Crippen LogP contribution in [0.1, 0.15) is 289 Å². The molecule has 0 bridgehead atoms. The Bertz CT molecular complexity index is 4780. The fourth-order valence-electron chi connectivity index (χ4n) is 20.6. The summed E-state index contributed by atoms with van der Waals surface area (Å²) in [5.41, 5.74) is 14.1. The van der Waals surface area contributed by atoms with Gasteiger partial charge in [0.25, 0.3) is 0 Å². The number of nitrogens with zero attached hydrogens (tertiary/aromatic N) is 2. The second-order valence-corrected chi connectivity index (χ2v) is 42.2. The van der Waals surface area contributed by atoms with Crippen LogP contribution >= 0.6 is 22.7 Å². The summed E-state index contributed by atoms with van der Waals surface area (Å²) in [5, 5.41) is 30.5. The first kappa shape index (κ1) is 94.9. The second-order valence-electron chi connectivity index (χ2n) is 40.1. The maximum Gasteiger partial charge on any atom is 0.162 e. The number of benzene rings is 6. The molecule has 114 heavy (non-hydrogen) atoms. The summed E-state index contributed by atoms with van der Waals surface area (Å²) in [6, 6.07) is 40.8. The Morgan fingerprint density at radius 3 is 1.06 bits per heavy atom. The van der Waals surface area contributed by atoms with Crippen molar-refractivity contribution in [1.82, 2.24) is 0 Å². The van der Waals surface area contributed by atoms with Crippen molar-refractivity contribution in [3.8, 4) is 22.5 Å². The number of carbonyl (C=O) groups excluding carboxylic acids is 2. The molecule has 6 nitrogen and oxygen atoms in total. The number of rotatable bonds is 18. The fourth-order valence-corrected chi connectivity index (χ4v) is 23.5. The minimum Gasteiger partial charge on any atom is -0.512 e. The van der Waals surface area contributed by atoms with Crippen molar-refractivity contribution in [2.75, 3.05) is 0 Å². The van der Waals surface area contributed by atoms with E-state index in [2.05, 4.69) is 311 Å². The van der Waals surface area contributed by atoms with Gasteiger partial charge in [-0.15, -0.1) is 68.8 Å². The minimum absolute atomic E-state index is 0. The van der Waals surface area contributed by atoms with Gasteiger partial charge in [0.15, 0.2) is 11.6 Å². The summed E-state index contributed by atoms with van der Waals surface area (Å²) >= 11 is 3.91. The molecule has 2 N–H and O–H groups in total. The largest absolute Gasteiger partial charge is 0.512 e. The molecule has 2 aliphatic rings. The van der Waals surface area contributed by atoms with E-state index in [9.17, 15) is 19.8 Å². The Balaban J connectivity index is 0.000000226. The van der Waals surface area contributed by atoms with Crippen molar-refractivity contribution in [2.45, 2.75) is 267 Å². The maximum atomic E-state index is 12.3. The summed E-state index contributed by atoms with van der Waals surface area (Å²) in [7, 11) is 8.95. The van der Waals surface area contributed by atoms with Crippen LogP contribution in [0.5, 0.6) is 0 Å². The zero-order valence-electron chi connectivity index (χ0n) is 74.5. The fraction of sp³-hybridized carbons (Fsp3) is 0.500. The van der Waals surface area contributed by atoms with Crippen molar-refractivity contribution in [3.63, 3.8) is 0 Å². The molecular weight excluding hydrogens is 1790 g/mol. The van der Waals surface area contributed by atoms with Gasteiger partial charge in [-0.2, -0.15) is 25.0 Å². The molecule has 10 heteroatoms. The monoisotopic (exact) mass is 1930 g/mol. The number of aliphatic hydroxyl groups excluding tert-OH is 2. The maximum absolute atomic E-state index is 12.3. The summed E-state index contributed by atoms with van der Waals surface area (Å²) in [5.74, 6) is 3.33. The van der Waals surface area contributed by atoms with E-state index in [1.807, 2.05) is 50.4 Å². The number of pyridine rings is 2. The van der Waals surface area contributed by atoms with E-state index in [1.54, 1.807) is 0 Å². The van der Waals surface area contributed by atoms with Crippen LogP contribution in [-0.2, 0) is 60.6 Å². The third-order valence-electron chi connectivity index (χ3n) is 24.8. The quantitative estimate of drug-likeness (QED) is 0.0388. The van der Waals surface area contributed by atoms with Crippen LogP contribution in [0, 0.1) is 96.9 Å². The van der Waals surface area contributed by atoms with E-state index in [-0.39, 0.29) is 97.8 Å². The SMILES string of the molecule is CC(C)C(C(=O)C=C(O)C(C(C)C)C(C)C)C(C)C.CCC(CC)C(=O)C=C(O)C(CC)CC.[CH2-]c1c(-c2c3sc4c(C5CC(C)(C)CC(C)(C)C5)cccc4c3cc[n+]2[CH2-])cc(C(C)(C)C)c2ccccc12.[CH2-]c1c(-c2c3sc4c(C5CC(C)(C)CC(C)(C)C5)cccc4c3cc[n+]2[CH2-])cc(C(C)(C)C)c2ccccc12.[Ir].[Ir]. The molecule has 6 aromatic carbocycles. The molecule has 0 amide bonds. The van der Waals surface area contributed by atoms with Gasteiger partial charge < -0.3 is 19.3 Å². The number of aliphatic hydroxyl groups is 2. The topological polar surface area (TPSA) is 82.4 Å². The average Bonchev–Trinajstić information content (AvgIpc) is 1.52. The normalized spacial score (nSPS) is 16.1. The van der Waals surface area contributed by atoms with Crippen molar-refractivity contribution < 1.29 is 69.1 Å². The van der Waals surface area contributed by atoms with Crippen LogP contribution in [0.15, 0.2) is 145 Å². The van der Waals surface area contributed by atoms with Gasteiger partial charge >= 0.3 is 0 Å². The summed E-state index contributed by atoms with van der Waals surface area (Å²) in [4.78, 5) is 24.1. The van der Waals surface area contributed by atoms with Gasteiger partial charge in [-0.25, -0.2) is 0 Å². The van der Waals surface area contributed by atoms with E-state index >= 15 is 0 Å². The molecule has 2 aliphatic carbocycles. The third kappa shape index (κ3) is 21.2. The predicted molar refractivity (Wildman–Crippen MR) is 487 cm³/mol. The average molecular weight is 1930 g/mol. The summed E-state index contributed by atoms with van der Waals surface area (Å²) < 4.78 is 9.64. The van der Waals surface area contributed by atoms with Crippen LogP contribution in [0.25, 0.3) is 84.4 Å². The number of aromatic nitrogens is 2. The Morgan fingerprint density at radius 2 is 0.746 bits per heavy atom. The molecule has 2 saturated carbocycles. The molecule has 0 unspecified atom stereocenters. The molecule has 4 aromatic heterocycles. The Kier molecular flexibility index (Phi) is 31.5. The van der Waals surface area contributed by atoms with E-state index < -0.39 is 0 Å². The van der Waals surface area contributed by atoms with Crippen LogP contribution in [0.2, 0.25) is 0 Å². The van der Waals surface area contributed by atoms with Crippen molar-refractivity contribution >= 4 is 96.1 Å². The number of allylic oxidation sites excluding steroid dienone is 4. The summed E-state index contributed by atoms with van der Waals surface area (Å²) in [6.07, 6.45) is 18.2. The van der Waals surface area contributed by atoms with Crippen molar-refractivity contribution in [2.24, 2.45) is 69.0 Å². The zero-order valence-corrected chi connectivity index (χ0v) is 80.9. The van der Waals surface area contributed by atoms with Crippen molar-refractivity contribution in [3.05, 3.63) is 207 Å². The third-order valence-corrected chi connectivity index (χ3v) is 27.3. The van der Waals surface area contributed by atoms with Crippen LogP contribution in [0.3, 0.4) is 0 Å². The predicted octanol–water partition coefficient (Wildman–Crippen LogP) is 29.9. The Labute approximate surface area is 724 Å². The first-order valence-corrected chi connectivity index (χ1v) is 43.9. The van der Waals surface area contributed by atoms with Gasteiger partial charge in [0.2, 0.25) is 0 Å². The molecule has 2 radical (unpaired) electrons. The Morgan fingerprint density at radius 1 is 0.439 bits per heavy atom. The van der Waals surface area contributed by atoms with Crippen LogP contribution < -0.4 is 9.13 Å². The molecule has 0 aliphatic heterocycles. The first-order chi connectivity index (χ1) is 52.2. The van der Waals surface area contributed by atoms with Gasteiger partial charge in [-0.1, -0.05) is 275 Å². The molecule has 622 valence electrons. The molecule has 0 spiro atoms. The number of ketones is 2. The first-order valence-electron chi connectivity index (χ1n) is 42.3. The number of thiophene rings is 2. The van der Waals surface area contributed by atoms with E-state index in [4.69, 9.17) is 0 Å². The molecule has 10 aromatic rings. The smallest absolute Gasteiger partial charge is 0.162 e. The molecular formula is C104H140Ir2N2O4S2-2. The molecule has 0 atom stereocenters. The number of fused-ring (bicyclic) bond motifs is 8. The van der Waals surface area contributed by atoms with E-state index in [0.717, 1.165) is 36.8 Å². The molecule has 12 rings (SSSR count). The summed E-state index contributed by atoms with van der Waals surface area (Å²) in [6.45, 7) is 67.4. The van der Waals surface area contributed by atoms with Gasteiger partial charge in [0, 0.05) is 109 Å². The Hall–Kier alpha value is -6.22. The molecule has 2 fully saturated rings. The minimum atomic E-state index is -0.0119. The molecule has 4 heterocycles. The zero-order chi connectivity index (χ0) is 83.0. The van der Waals surface area contributed by atoms with Gasteiger partial charge in [-0.3, -0.25) is 9.59 Å². The number of hydrogen-bond donors (Lipinski definition) is 2. The number of carbonyl (C=O) groups is 2. The van der Waals surface area contributed by atoms with Crippen LogP contribution in [0.4, 0.5) is 0 Å². The van der Waals surface area contributed by atoms with Crippen molar-refractivity contribution in [1.29, 1.82) is 0 Å². The number of hydrogen-bond acceptors (Lipinski definition) is 6. The van der Waals surface area contributed by atoms with Crippen LogP contribution in [-0.4, -0.2) is 21.8 Å². The molecule has 0 saturated heterocycles. The van der Waals surface area contributed by atoms with Gasteiger partial charge in [-0.05, 0) is 177 Å².